The standard InChI is InChI=1S/C10H7Br2ClN4/c11-5-2-1-3-6(12)8(5)17-10-7(13)9(14)15-4-16-10/h1-4H,(H3,14,15,16,17). The molecule has 0 atom stereocenters. The third-order valence-corrected chi connectivity index (χ3v) is 3.72. The predicted octanol–water partition coefficient (Wildman–Crippen LogP) is 3.98. The summed E-state index contributed by atoms with van der Waals surface area (Å²) in [6.45, 7) is 0. The van der Waals surface area contributed by atoms with Crippen molar-refractivity contribution in [3.05, 3.63) is 38.5 Å². The van der Waals surface area contributed by atoms with Crippen LogP contribution in [0.25, 0.3) is 0 Å². The molecule has 1 aromatic heterocycles. The average Bonchev–Trinajstić information content (AvgIpc) is 2.29. The highest BCUT2D eigenvalue weighted by Gasteiger charge is 2.10. The van der Waals surface area contributed by atoms with E-state index in [1.165, 1.54) is 6.33 Å². The minimum atomic E-state index is 0.243. The number of aromatic nitrogens is 2. The number of anilines is 3. The third-order valence-electron chi connectivity index (χ3n) is 2.02. The summed E-state index contributed by atoms with van der Waals surface area (Å²) in [6.07, 6.45) is 1.36. The maximum absolute atomic E-state index is 6.00. The van der Waals surface area contributed by atoms with E-state index in [-0.39, 0.29) is 5.82 Å². The Bertz CT molecular complexity index is 542. The molecule has 0 radical (unpaired) electrons. The Morgan fingerprint density at radius 2 is 1.82 bits per heavy atom. The highest BCUT2D eigenvalue weighted by atomic mass is 79.9. The molecule has 0 unspecified atom stereocenters. The van der Waals surface area contributed by atoms with E-state index in [9.17, 15) is 0 Å². The minimum Gasteiger partial charge on any atom is -0.382 e. The Balaban J connectivity index is 2.42. The van der Waals surface area contributed by atoms with Gasteiger partial charge in [-0.3, -0.25) is 0 Å². The van der Waals surface area contributed by atoms with Crippen LogP contribution in [0.5, 0.6) is 0 Å². The van der Waals surface area contributed by atoms with E-state index in [0.717, 1.165) is 14.6 Å². The highest BCUT2D eigenvalue weighted by molar-refractivity contribution is 9.11. The molecule has 0 fully saturated rings. The lowest BCUT2D eigenvalue weighted by Gasteiger charge is -2.11. The number of nitrogens with one attached hydrogen (secondary N) is 1. The smallest absolute Gasteiger partial charge is 0.154 e. The molecule has 0 aliphatic carbocycles. The maximum Gasteiger partial charge on any atom is 0.154 e. The van der Waals surface area contributed by atoms with Crippen molar-refractivity contribution in [2.24, 2.45) is 0 Å². The molecule has 0 saturated carbocycles. The lowest BCUT2D eigenvalue weighted by molar-refractivity contribution is 1.17. The fourth-order valence-corrected chi connectivity index (χ4v) is 2.55. The van der Waals surface area contributed by atoms with Gasteiger partial charge in [-0.25, -0.2) is 9.97 Å². The number of hydrogen-bond acceptors (Lipinski definition) is 4. The summed E-state index contributed by atoms with van der Waals surface area (Å²) < 4.78 is 1.78. The van der Waals surface area contributed by atoms with Gasteiger partial charge in [0.1, 0.15) is 17.2 Å². The molecule has 0 spiro atoms. The van der Waals surface area contributed by atoms with Crippen molar-refractivity contribution in [3.63, 3.8) is 0 Å². The van der Waals surface area contributed by atoms with E-state index >= 15 is 0 Å². The minimum absolute atomic E-state index is 0.243. The third kappa shape index (κ3) is 2.70. The largest absolute Gasteiger partial charge is 0.382 e. The average molecular weight is 378 g/mol. The van der Waals surface area contributed by atoms with Crippen LogP contribution >= 0.6 is 43.5 Å². The van der Waals surface area contributed by atoms with Gasteiger partial charge in [0.2, 0.25) is 0 Å². The maximum atomic E-state index is 6.00. The second-order valence-corrected chi connectivity index (χ2v) is 5.23. The summed E-state index contributed by atoms with van der Waals surface area (Å²) in [5.41, 5.74) is 6.43. The van der Waals surface area contributed by atoms with Gasteiger partial charge in [-0.1, -0.05) is 17.7 Å². The Labute approximate surface area is 120 Å². The summed E-state index contributed by atoms with van der Waals surface area (Å²) in [4.78, 5) is 7.84. The van der Waals surface area contributed by atoms with Crippen molar-refractivity contribution in [1.29, 1.82) is 0 Å². The van der Waals surface area contributed by atoms with E-state index in [2.05, 4.69) is 47.1 Å². The van der Waals surface area contributed by atoms with Crippen molar-refractivity contribution in [2.75, 3.05) is 11.1 Å². The molecule has 4 nitrogen and oxygen atoms in total. The predicted molar refractivity (Wildman–Crippen MR) is 76.6 cm³/mol. The first kappa shape index (κ1) is 12.6. The molecule has 0 amide bonds. The van der Waals surface area contributed by atoms with Crippen molar-refractivity contribution < 1.29 is 0 Å². The fourth-order valence-electron chi connectivity index (χ4n) is 1.21. The van der Waals surface area contributed by atoms with Crippen LogP contribution in [0.2, 0.25) is 5.02 Å². The van der Waals surface area contributed by atoms with Gasteiger partial charge in [-0.15, -0.1) is 0 Å². The lowest BCUT2D eigenvalue weighted by Crippen LogP contribution is -2.00. The second kappa shape index (κ2) is 5.20. The van der Waals surface area contributed by atoms with Gasteiger partial charge in [0.15, 0.2) is 5.82 Å². The molecule has 0 aliphatic rings. The zero-order chi connectivity index (χ0) is 12.4. The SMILES string of the molecule is Nc1ncnc(Nc2c(Br)cccc2Br)c1Cl. The molecule has 1 heterocycles. The van der Waals surface area contributed by atoms with Gasteiger partial charge in [-0.05, 0) is 44.0 Å². The molecule has 1 aromatic carbocycles. The van der Waals surface area contributed by atoms with Gasteiger partial charge in [0.25, 0.3) is 0 Å². The molecule has 0 aliphatic heterocycles. The number of nitrogens with two attached hydrogens (primary N) is 1. The molecule has 88 valence electrons. The lowest BCUT2D eigenvalue weighted by atomic mass is 10.3. The van der Waals surface area contributed by atoms with E-state index in [1.54, 1.807) is 0 Å². The molecule has 7 heteroatoms. The molecule has 2 aromatic rings. The number of hydrogen-bond donors (Lipinski definition) is 2. The number of benzene rings is 1. The van der Waals surface area contributed by atoms with E-state index in [1.807, 2.05) is 18.2 Å². The van der Waals surface area contributed by atoms with Crippen LogP contribution in [-0.2, 0) is 0 Å². The number of halogens is 3. The quantitative estimate of drug-likeness (QED) is 0.830. The van der Waals surface area contributed by atoms with Crippen LogP contribution in [0, 0.1) is 0 Å². The molecule has 3 N–H and O–H groups in total. The van der Waals surface area contributed by atoms with Gasteiger partial charge in [0.05, 0.1) is 5.69 Å². The Hall–Kier alpha value is -0.850. The number of nitrogens with zero attached hydrogens (tertiary/aromatic N) is 2. The van der Waals surface area contributed by atoms with Crippen LogP contribution in [0.15, 0.2) is 33.5 Å². The van der Waals surface area contributed by atoms with Crippen molar-refractivity contribution in [2.45, 2.75) is 0 Å². The monoisotopic (exact) mass is 376 g/mol. The summed E-state index contributed by atoms with van der Waals surface area (Å²) in [5.74, 6) is 0.708. The number of para-hydroxylation sites is 1. The van der Waals surface area contributed by atoms with Crippen LogP contribution < -0.4 is 11.1 Å². The molecule has 2 rings (SSSR count). The highest BCUT2D eigenvalue weighted by Crippen LogP contribution is 2.35. The number of rotatable bonds is 2. The molecular formula is C10H7Br2ClN4. The molecular weight excluding hydrogens is 371 g/mol. The summed E-state index contributed by atoms with van der Waals surface area (Å²) in [5, 5.41) is 3.39. The van der Waals surface area contributed by atoms with E-state index in [4.69, 9.17) is 17.3 Å². The fraction of sp³-hybridized carbons (Fsp3) is 0. The van der Waals surface area contributed by atoms with Crippen LogP contribution in [-0.4, -0.2) is 9.97 Å². The van der Waals surface area contributed by atoms with Crippen LogP contribution in [0.1, 0.15) is 0 Å². The van der Waals surface area contributed by atoms with Crippen molar-refractivity contribution >= 4 is 60.8 Å². The van der Waals surface area contributed by atoms with E-state index < -0.39 is 0 Å². The van der Waals surface area contributed by atoms with Crippen LogP contribution in [0.3, 0.4) is 0 Å². The molecule has 0 bridgehead atoms. The zero-order valence-electron chi connectivity index (χ0n) is 8.42. The van der Waals surface area contributed by atoms with Gasteiger partial charge in [0, 0.05) is 8.95 Å². The second-order valence-electron chi connectivity index (χ2n) is 3.14. The van der Waals surface area contributed by atoms with Gasteiger partial charge >= 0.3 is 0 Å². The normalized spacial score (nSPS) is 10.3. The first-order valence-electron chi connectivity index (χ1n) is 4.56. The zero-order valence-corrected chi connectivity index (χ0v) is 12.3. The van der Waals surface area contributed by atoms with Crippen molar-refractivity contribution in [3.8, 4) is 0 Å². The Kier molecular flexibility index (Phi) is 3.86. The summed E-state index contributed by atoms with van der Waals surface area (Å²) >= 11 is 12.9. The molecule has 17 heavy (non-hydrogen) atoms. The van der Waals surface area contributed by atoms with Gasteiger partial charge in [-0.2, -0.15) is 0 Å². The van der Waals surface area contributed by atoms with Crippen LogP contribution in [0.4, 0.5) is 17.3 Å². The summed E-state index contributed by atoms with van der Waals surface area (Å²) in [7, 11) is 0. The first-order chi connectivity index (χ1) is 8.09. The number of nitrogen functional groups attached to an aromatic ring is 1. The molecule has 0 saturated heterocycles. The van der Waals surface area contributed by atoms with E-state index in [0.29, 0.717) is 10.8 Å². The topological polar surface area (TPSA) is 63.8 Å². The Morgan fingerprint density at radius 1 is 1.18 bits per heavy atom. The van der Waals surface area contributed by atoms with Gasteiger partial charge < -0.3 is 11.1 Å². The Morgan fingerprint density at radius 3 is 2.47 bits per heavy atom. The summed E-state index contributed by atoms with van der Waals surface area (Å²) in [6, 6.07) is 5.73. The first-order valence-corrected chi connectivity index (χ1v) is 6.53. The van der Waals surface area contributed by atoms with Crippen molar-refractivity contribution in [1.82, 2.24) is 9.97 Å².